The van der Waals surface area contributed by atoms with Gasteiger partial charge >= 0.3 is 0 Å². The summed E-state index contributed by atoms with van der Waals surface area (Å²) in [7, 11) is 0. The molecule has 0 fully saturated rings. The van der Waals surface area contributed by atoms with Crippen molar-refractivity contribution in [3.8, 4) is 11.8 Å². The lowest BCUT2D eigenvalue weighted by Gasteiger charge is -2.10. The number of nitriles is 1. The van der Waals surface area contributed by atoms with Crippen LogP contribution in [0.2, 0.25) is 0 Å². The SMILES string of the molecule is Cc1ccc(C)c(OCc2cc(C#N)ccc2F)c1. The average molecular weight is 255 g/mol. The highest BCUT2D eigenvalue weighted by Gasteiger charge is 2.06. The molecule has 96 valence electrons. The van der Waals surface area contributed by atoms with Gasteiger partial charge in [0.25, 0.3) is 0 Å². The number of ether oxygens (including phenoxy) is 1. The third-order valence-corrected chi connectivity index (χ3v) is 2.90. The number of hydrogen-bond donors (Lipinski definition) is 0. The smallest absolute Gasteiger partial charge is 0.129 e. The molecule has 0 amide bonds. The molecule has 0 spiro atoms. The van der Waals surface area contributed by atoms with E-state index in [0.717, 1.165) is 16.9 Å². The molecule has 0 saturated carbocycles. The quantitative estimate of drug-likeness (QED) is 0.833. The maximum atomic E-state index is 13.6. The van der Waals surface area contributed by atoms with Crippen molar-refractivity contribution in [1.82, 2.24) is 0 Å². The fraction of sp³-hybridized carbons (Fsp3) is 0.188. The molecule has 0 aliphatic heterocycles. The summed E-state index contributed by atoms with van der Waals surface area (Å²) in [6.07, 6.45) is 0. The Kier molecular flexibility index (Phi) is 3.82. The lowest BCUT2D eigenvalue weighted by Crippen LogP contribution is -2.00. The van der Waals surface area contributed by atoms with E-state index in [0.29, 0.717) is 11.1 Å². The van der Waals surface area contributed by atoms with Crippen LogP contribution in [0.3, 0.4) is 0 Å². The van der Waals surface area contributed by atoms with E-state index in [-0.39, 0.29) is 12.4 Å². The van der Waals surface area contributed by atoms with Gasteiger partial charge < -0.3 is 4.74 Å². The molecule has 3 heteroatoms. The maximum Gasteiger partial charge on any atom is 0.129 e. The standard InChI is InChI=1S/C16H14FNO/c1-11-3-4-12(2)16(7-11)19-10-14-8-13(9-18)5-6-15(14)17/h3-8H,10H2,1-2H3. The van der Waals surface area contributed by atoms with E-state index in [9.17, 15) is 4.39 Å². The van der Waals surface area contributed by atoms with Crippen molar-refractivity contribution in [1.29, 1.82) is 5.26 Å². The number of benzene rings is 2. The minimum absolute atomic E-state index is 0.117. The van der Waals surface area contributed by atoms with Gasteiger partial charge in [-0.3, -0.25) is 0 Å². The van der Waals surface area contributed by atoms with E-state index in [4.69, 9.17) is 10.00 Å². The lowest BCUT2D eigenvalue weighted by molar-refractivity contribution is 0.297. The van der Waals surface area contributed by atoms with Gasteiger partial charge in [0.1, 0.15) is 18.2 Å². The van der Waals surface area contributed by atoms with E-state index in [1.807, 2.05) is 38.1 Å². The molecule has 0 N–H and O–H groups in total. The molecule has 2 nitrogen and oxygen atoms in total. The van der Waals surface area contributed by atoms with Crippen LogP contribution in [-0.2, 0) is 6.61 Å². The summed E-state index contributed by atoms with van der Waals surface area (Å²) >= 11 is 0. The maximum absolute atomic E-state index is 13.6. The van der Waals surface area contributed by atoms with Crippen LogP contribution < -0.4 is 4.74 Å². The third-order valence-electron chi connectivity index (χ3n) is 2.90. The van der Waals surface area contributed by atoms with E-state index in [2.05, 4.69) is 0 Å². The summed E-state index contributed by atoms with van der Waals surface area (Å²) < 4.78 is 19.2. The van der Waals surface area contributed by atoms with Crippen molar-refractivity contribution >= 4 is 0 Å². The Morgan fingerprint density at radius 1 is 1.16 bits per heavy atom. The van der Waals surface area contributed by atoms with Gasteiger partial charge in [0.05, 0.1) is 11.6 Å². The predicted octanol–water partition coefficient (Wildman–Crippen LogP) is 3.89. The summed E-state index contributed by atoms with van der Waals surface area (Å²) in [6.45, 7) is 4.03. The molecule has 0 radical (unpaired) electrons. The molecule has 0 saturated heterocycles. The molecular formula is C16H14FNO. The molecule has 0 unspecified atom stereocenters. The summed E-state index contributed by atoms with van der Waals surface area (Å²) in [6, 6.07) is 12.1. The Balaban J connectivity index is 2.19. The minimum Gasteiger partial charge on any atom is -0.489 e. The van der Waals surface area contributed by atoms with Crippen LogP contribution in [-0.4, -0.2) is 0 Å². The van der Waals surface area contributed by atoms with E-state index < -0.39 is 0 Å². The molecule has 2 rings (SSSR count). The fourth-order valence-corrected chi connectivity index (χ4v) is 1.77. The highest BCUT2D eigenvalue weighted by Crippen LogP contribution is 2.21. The van der Waals surface area contributed by atoms with Crippen LogP contribution in [0, 0.1) is 31.0 Å². The Bertz CT molecular complexity index is 644. The molecule has 0 heterocycles. The van der Waals surface area contributed by atoms with Crippen molar-refractivity contribution in [2.75, 3.05) is 0 Å². The number of aryl methyl sites for hydroxylation is 2. The topological polar surface area (TPSA) is 33.0 Å². The van der Waals surface area contributed by atoms with Crippen LogP contribution in [0.15, 0.2) is 36.4 Å². The first-order valence-electron chi connectivity index (χ1n) is 5.99. The zero-order valence-corrected chi connectivity index (χ0v) is 10.9. The van der Waals surface area contributed by atoms with Crippen molar-refractivity contribution in [3.63, 3.8) is 0 Å². The van der Waals surface area contributed by atoms with Crippen LogP contribution in [0.25, 0.3) is 0 Å². The van der Waals surface area contributed by atoms with Crippen LogP contribution in [0.4, 0.5) is 4.39 Å². The van der Waals surface area contributed by atoms with E-state index in [1.165, 1.54) is 18.2 Å². The zero-order chi connectivity index (χ0) is 13.8. The van der Waals surface area contributed by atoms with Gasteiger partial charge in [0, 0.05) is 5.56 Å². The molecule has 0 bridgehead atoms. The number of halogens is 1. The van der Waals surface area contributed by atoms with Crippen molar-refractivity contribution in [2.45, 2.75) is 20.5 Å². The molecule has 0 aliphatic carbocycles. The van der Waals surface area contributed by atoms with Crippen molar-refractivity contribution in [2.24, 2.45) is 0 Å². The molecule has 0 aromatic heterocycles. The molecule has 19 heavy (non-hydrogen) atoms. The molecular weight excluding hydrogens is 241 g/mol. The second-order valence-electron chi connectivity index (χ2n) is 4.48. The predicted molar refractivity (Wildman–Crippen MR) is 71.4 cm³/mol. The Morgan fingerprint density at radius 3 is 2.68 bits per heavy atom. The Morgan fingerprint density at radius 2 is 1.95 bits per heavy atom. The highest BCUT2D eigenvalue weighted by molar-refractivity contribution is 5.37. The fourth-order valence-electron chi connectivity index (χ4n) is 1.77. The average Bonchev–Trinajstić information content (AvgIpc) is 2.41. The molecule has 0 atom stereocenters. The van der Waals surface area contributed by atoms with Gasteiger partial charge in [0.15, 0.2) is 0 Å². The van der Waals surface area contributed by atoms with E-state index >= 15 is 0 Å². The Labute approximate surface area is 112 Å². The number of rotatable bonds is 3. The lowest BCUT2D eigenvalue weighted by atomic mass is 10.1. The largest absolute Gasteiger partial charge is 0.489 e. The van der Waals surface area contributed by atoms with Gasteiger partial charge in [0.2, 0.25) is 0 Å². The second-order valence-corrected chi connectivity index (χ2v) is 4.48. The molecule has 2 aromatic rings. The van der Waals surface area contributed by atoms with Crippen molar-refractivity contribution in [3.05, 3.63) is 64.5 Å². The first-order chi connectivity index (χ1) is 9.10. The van der Waals surface area contributed by atoms with Gasteiger partial charge in [-0.15, -0.1) is 0 Å². The summed E-state index contributed by atoms with van der Waals surface area (Å²) in [4.78, 5) is 0. The second kappa shape index (κ2) is 5.53. The highest BCUT2D eigenvalue weighted by atomic mass is 19.1. The van der Waals surface area contributed by atoms with Crippen LogP contribution in [0.1, 0.15) is 22.3 Å². The molecule has 2 aromatic carbocycles. The van der Waals surface area contributed by atoms with Crippen LogP contribution in [0.5, 0.6) is 5.75 Å². The van der Waals surface area contributed by atoms with Gasteiger partial charge in [-0.2, -0.15) is 5.26 Å². The van der Waals surface area contributed by atoms with Gasteiger partial charge in [-0.25, -0.2) is 4.39 Å². The molecule has 0 aliphatic rings. The van der Waals surface area contributed by atoms with E-state index in [1.54, 1.807) is 0 Å². The Hall–Kier alpha value is -2.34. The van der Waals surface area contributed by atoms with Crippen molar-refractivity contribution < 1.29 is 9.13 Å². The minimum atomic E-state index is -0.357. The van der Waals surface area contributed by atoms with Crippen LogP contribution >= 0.6 is 0 Å². The van der Waals surface area contributed by atoms with Gasteiger partial charge in [-0.05, 0) is 49.2 Å². The first kappa shape index (κ1) is 13.1. The third kappa shape index (κ3) is 3.11. The first-order valence-corrected chi connectivity index (χ1v) is 5.99. The normalized spacial score (nSPS) is 10.0. The number of nitrogens with zero attached hydrogens (tertiary/aromatic N) is 1. The summed E-state index contributed by atoms with van der Waals surface area (Å²) in [5.41, 5.74) is 2.91. The monoisotopic (exact) mass is 255 g/mol. The number of hydrogen-bond acceptors (Lipinski definition) is 2. The zero-order valence-electron chi connectivity index (χ0n) is 10.9. The van der Waals surface area contributed by atoms with Gasteiger partial charge in [-0.1, -0.05) is 12.1 Å². The summed E-state index contributed by atoms with van der Waals surface area (Å²) in [5.74, 6) is 0.381. The summed E-state index contributed by atoms with van der Waals surface area (Å²) in [5, 5.41) is 8.81.